The minimum atomic E-state index is -0.251. The van der Waals surface area contributed by atoms with E-state index in [-0.39, 0.29) is 25.0 Å². The summed E-state index contributed by atoms with van der Waals surface area (Å²) >= 11 is 0. The molecule has 0 spiro atoms. The molecule has 0 atom stereocenters. The molecule has 8 heteroatoms. The van der Waals surface area contributed by atoms with Crippen LogP contribution in [0.15, 0.2) is 47.6 Å². The SMILES string of the molecule is COCCOC(=O)CN1CCc2ccc(NC(=O)c3ccc(C=NN4CCCCC4)cc3)cc2C1. The largest absolute Gasteiger partial charge is 0.462 e. The average Bonchev–Trinajstić information content (AvgIpc) is 2.88. The van der Waals surface area contributed by atoms with Crippen molar-refractivity contribution in [3.05, 3.63) is 64.7 Å². The van der Waals surface area contributed by atoms with Gasteiger partial charge in [0.05, 0.1) is 19.4 Å². The number of esters is 1. The maximum absolute atomic E-state index is 12.8. The van der Waals surface area contributed by atoms with Crippen LogP contribution >= 0.6 is 0 Å². The normalized spacial score (nSPS) is 16.2. The molecular weight excluding hydrogens is 444 g/mol. The van der Waals surface area contributed by atoms with Crippen LogP contribution in [0.4, 0.5) is 5.69 Å². The van der Waals surface area contributed by atoms with Crippen molar-refractivity contribution in [2.24, 2.45) is 5.10 Å². The fraction of sp³-hybridized carbons (Fsp3) is 0.444. The van der Waals surface area contributed by atoms with Crippen molar-refractivity contribution in [3.63, 3.8) is 0 Å². The van der Waals surface area contributed by atoms with Crippen LogP contribution in [0.25, 0.3) is 0 Å². The van der Waals surface area contributed by atoms with Gasteiger partial charge in [0.25, 0.3) is 5.91 Å². The van der Waals surface area contributed by atoms with Crippen molar-refractivity contribution in [1.29, 1.82) is 0 Å². The average molecular weight is 479 g/mol. The number of benzene rings is 2. The van der Waals surface area contributed by atoms with Gasteiger partial charge in [-0.15, -0.1) is 0 Å². The topological polar surface area (TPSA) is 83.5 Å². The number of fused-ring (bicyclic) bond motifs is 1. The van der Waals surface area contributed by atoms with E-state index < -0.39 is 0 Å². The quantitative estimate of drug-likeness (QED) is 0.338. The van der Waals surface area contributed by atoms with Gasteiger partial charge in [0, 0.05) is 44.5 Å². The fourth-order valence-electron chi connectivity index (χ4n) is 4.36. The molecular formula is C27H34N4O4. The molecule has 2 aromatic rings. The number of hydrogen-bond acceptors (Lipinski definition) is 7. The van der Waals surface area contributed by atoms with Gasteiger partial charge in [0.1, 0.15) is 6.61 Å². The summed E-state index contributed by atoms with van der Waals surface area (Å²) in [4.78, 5) is 26.9. The Morgan fingerprint density at radius 3 is 2.57 bits per heavy atom. The first-order chi connectivity index (χ1) is 17.1. The molecule has 1 N–H and O–H groups in total. The van der Waals surface area contributed by atoms with Gasteiger partial charge in [0.15, 0.2) is 0 Å². The van der Waals surface area contributed by atoms with Crippen LogP contribution in [-0.4, -0.2) is 74.5 Å². The second-order valence-corrected chi connectivity index (χ2v) is 8.99. The molecule has 2 aromatic carbocycles. The summed E-state index contributed by atoms with van der Waals surface area (Å²) in [6.07, 6.45) is 6.38. The van der Waals surface area contributed by atoms with Gasteiger partial charge in [-0.05, 0) is 66.6 Å². The fourth-order valence-corrected chi connectivity index (χ4v) is 4.36. The molecule has 1 saturated heterocycles. The van der Waals surface area contributed by atoms with E-state index >= 15 is 0 Å². The number of carbonyl (C=O) groups excluding carboxylic acids is 2. The summed E-state index contributed by atoms with van der Waals surface area (Å²) in [5.41, 5.74) is 4.67. The molecule has 8 nitrogen and oxygen atoms in total. The lowest BCUT2D eigenvalue weighted by atomic mass is 9.99. The van der Waals surface area contributed by atoms with Crippen LogP contribution in [-0.2, 0) is 27.2 Å². The van der Waals surface area contributed by atoms with Crippen molar-refractivity contribution in [1.82, 2.24) is 9.91 Å². The Balaban J connectivity index is 1.31. The number of amides is 1. The van der Waals surface area contributed by atoms with Crippen LogP contribution in [0.1, 0.15) is 46.3 Å². The molecule has 0 aromatic heterocycles. The number of nitrogens with one attached hydrogen (secondary N) is 1. The van der Waals surface area contributed by atoms with Crippen LogP contribution < -0.4 is 5.32 Å². The van der Waals surface area contributed by atoms with E-state index in [0.29, 0.717) is 18.7 Å². The predicted octanol–water partition coefficient (Wildman–Crippen LogP) is 3.31. The summed E-state index contributed by atoms with van der Waals surface area (Å²) in [5.74, 6) is -0.404. The number of hydrogen-bond donors (Lipinski definition) is 1. The maximum atomic E-state index is 12.8. The number of ether oxygens (including phenoxy) is 2. The van der Waals surface area contributed by atoms with E-state index in [4.69, 9.17) is 9.47 Å². The lowest BCUT2D eigenvalue weighted by Gasteiger charge is -2.28. The smallest absolute Gasteiger partial charge is 0.320 e. The first kappa shape index (κ1) is 24.9. The van der Waals surface area contributed by atoms with E-state index in [0.717, 1.165) is 42.9 Å². The Morgan fingerprint density at radius 1 is 1.00 bits per heavy atom. The highest BCUT2D eigenvalue weighted by molar-refractivity contribution is 6.04. The molecule has 2 heterocycles. The third kappa shape index (κ3) is 7.37. The molecule has 1 fully saturated rings. The van der Waals surface area contributed by atoms with Gasteiger partial charge in [-0.25, -0.2) is 0 Å². The summed E-state index contributed by atoms with van der Waals surface area (Å²) in [5, 5.41) is 9.65. The highest BCUT2D eigenvalue weighted by Crippen LogP contribution is 2.23. The lowest BCUT2D eigenvalue weighted by molar-refractivity contribution is -0.146. The molecule has 2 aliphatic heterocycles. The zero-order valence-electron chi connectivity index (χ0n) is 20.4. The number of carbonyl (C=O) groups is 2. The van der Waals surface area contributed by atoms with Gasteiger partial charge in [-0.2, -0.15) is 5.10 Å². The standard InChI is InChI=1S/C27H34N4O4/c1-34-15-16-35-26(32)20-30-14-11-22-9-10-25(17-24(22)19-30)29-27(33)23-7-5-21(6-8-23)18-28-31-12-3-2-4-13-31/h5-10,17-18H,2-4,11-16,19-20H2,1H3,(H,29,33). The van der Waals surface area contributed by atoms with Gasteiger partial charge in [-0.1, -0.05) is 18.2 Å². The second kappa shape index (κ2) is 12.5. The van der Waals surface area contributed by atoms with Crippen molar-refractivity contribution < 1.29 is 19.1 Å². The lowest BCUT2D eigenvalue weighted by Crippen LogP contribution is -2.35. The number of hydrazone groups is 1. The van der Waals surface area contributed by atoms with Crippen LogP contribution in [0.3, 0.4) is 0 Å². The zero-order chi connectivity index (χ0) is 24.5. The number of rotatable bonds is 9. The predicted molar refractivity (Wildman–Crippen MR) is 136 cm³/mol. The van der Waals surface area contributed by atoms with Crippen molar-refractivity contribution in [2.45, 2.75) is 32.2 Å². The Morgan fingerprint density at radius 2 is 1.80 bits per heavy atom. The molecule has 0 radical (unpaired) electrons. The van der Waals surface area contributed by atoms with E-state index in [1.54, 1.807) is 7.11 Å². The monoisotopic (exact) mass is 478 g/mol. The highest BCUT2D eigenvalue weighted by atomic mass is 16.6. The van der Waals surface area contributed by atoms with Crippen molar-refractivity contribution >= 4 is 23.8 Å². The molecule has 4 rings (SSSR count). The Hall–Kier alpha value is -3.23. The summed E-state index contributed by atoms with van der Waals surface area (Å²) < 4.78 is 10.1. The van der Waals surface area contributed by atoms with Gasteiger partial charge >= 0.3 is 5.97 Å². The third-order valence-electron chi connectivity index (χ3n) is 6.33. The van der Waals surface area contributed by atoms with Gasteiger partial charge < -0.3 is 14.8 Å². The molecule has 1 amide bonds. The number of methoxy groups -OCH3 is 1. The maximum Gasteiger partial charge on any atom is 0.320 e. The second-order valence-electron chi connectivity index (χ2n) is 8.99. The Bertz CT molecular complexity index is 1030. The number of piperidine rings is 1. The molecule has 2 aliphatic rings. The molecule has 0 unspecified atom stereocenters. The summed E-state index contributed by atoms with van der Waals surface area (Å²) in [7, 11) is 1.58. The number of nitrogens with zero attached hydrogens (tertiary/aromatic N) is 3. The molecule has 186 valence electrons. The molecule has 35 heavy (non-hydrogen) atoms. The van der Waals surface area contributed by atoms with E-state index in [9.17, 15) is 9.59 Å². The highest BCUT2D eigenvalue weighted by Gasteiger charge is 2.20. The number of anilines is 1. The van der Waals surface area contributed by atoms with Gasteiger partial charge in [-0.3, -0.25) is 19.5 Å². The first-order valence-corrected chi connectivity index (χ1v) is 12.3. The molecule has 0 bridgehead atoms. The summed E-state index contributed by atoms with van der Waals surface area (Å²) in [6, 6.07) is 13.5. The molecule has 0 aliphatic carbocycles. The zero-order valence-corrected chi connectivity index (χ0v) is 20.4. The minimum Gasteiger partial charge on any atom is -0.462 e. The Labute approximate surface area is 206 Å². The summed E-state index contributed by atoms with van der Waals surface area (Å²) in [6.45, 7) is 4.36. The molecule has 0 saturated carbocycles. The van der Waals surface area contributed by atoms with Gasteiger partial charge in [0.2, 0.25) is 0 Å². The Kier molecular flexibility index (Phi) is 8.86. The third-order valence-corrected chi connectivity index (χ3v) is 6.33. The van der Waals surface area contributed by atoms with Crippen molar-refractivity contribution in [3.8, 4) is 0 Å². The van der Waals surface area contributed by atoms with Crippen molar-refractivity contribution in [2.75, 3.05) is 51.8 Å². The van der Waals surface area contributed by atoms with E-state index in [1.807, 2.05) is 42.6 Å². The van der Waals surface area contributed by atoms with E-state index in [1.165, 1.54) is 24.8 Å². The first-order valence-electron chi connectivity index (χ1n) is 12.3. The van der Waals surface area contributed by atoms with E-state index in [2.05, 4.69) is 26.4 Å². The van der Waals surface area contributed by atoms with Crippen LogP contribution in [0, 0.1) is 0 Å². The minimum absolute atomic E-state index is 0.154. The van der Waals surface area contributed by atoms with Crippen LogP contribution in [0.2, 0.25) is 0 Å². The van der Waals surface area contributed by atoms with Crippen LogP contribution in [0.5, 0.6) is 0 Å².